The molecule has 1 unspecified atom stereocenters. The van der Waals surface area contributed by atoms with Crippen LogP contribution in [0.25, 0.3) is 0 Å². The number of nitrogens with one attached hydrogen (secondary N) is 1. The van der Waals surface area contributed by atoms with Crippen molar-refractivity contribution in [3.05, 3.63) is 23.9 Å². The Bertz CT molecular complexity index is 338. The van der Waals surface area contributed by atoms with E-state index in [0.717, 1.165) is 38.2 Å². The fourth-order valence-corrected chi connectivity index (χ4v) is 1.79. The highest BCUT2D eigenvalue weighted by atomic mass is 16.5. The molecule has 0 radical (unpaired) electrons. The van der Waals surface area contributed by atoms with E-state index in [1.165, 1.54) is 0 Å². The molecule has 0 amide bonds. The average Bonchev–Trinajstić information content (AvgIpc) is 2.83. The molecule has 0 aliphatic carbocycles. The maximum absolute atomic E-state index is 5.76. The molecule has 2 rings (SSSR count). The number of nitrogens with zero attached hydrogens (tertiary/aromatic N) is 1. The van der Waals surface area contributed by atoms with E-state index in [1.54, 1.807) is 0 Å². The molecular formula is C13H20N2O2. The van der Waals surface area contributed by atoms with Gasteiger partial charge in [0.1, 0.15) is 6.10 Å². The zero-order valence-corrected chi connectivity index (χ0v) is 10.3. The summed E-state index contributed by atoms with van der Waals surface area (Å²) >= 11 is 0. The summed E-state index contributed by atoms with van der Waals surface area (Å²) in [5.41, 5.74) is 1.02. The molecule has 1 fully saturated rings. The number of rotatable bonds is 6. The summed E-state index contributed by atoms with van der Waals surface area (Å²) in [4.78, 5) is 4.47. The molecule has 1 atom stereocenters. The largest absolute Gasteiger partial charge is 0.472 e. The zero-order valence-electron chi connectivity index (χ0n) is 10.3. The van der Waals surface area contributed by atoms with Crippen molar-refractivity contribution in [3.63, 3.8) is 0 Å². The van der Waals surface area contributed by atoms with Crippen LogP contribution in [-0.2, 0) is 11.3 Å². The van der Waals surface area contributed by atoms with Crippen molar-refractivity contribution in [2.75, 3.05) is 19.8 Å². The summed E-state index contributed by atoms with van der Waals surface area (Å²) in [6.07, 6.45) is 2.26. The fourth-order valence-electron chi connectivity index (χ4n) is 1.79. The fraction of sp³-hybridized carbons (Fsp3) is 0.615. The minimum absolute atomic E-state index is 0.168. The van der Waals surface area contributed by atoms with Gasteiger partial charge in [0.15, 0.2) is 0 Å². The van der Waals surface area contributed by atoms with Gasteiger partial charge in [0.2, 0.25) is 5.88 Å². The van der Waals surface area contributed by atoms with Crippen molar-refractivity contribution in [2.45, 2.75) is 32.4 Å². The van der Waals surface area contributed by atoms with Crippen LogP contribution in [0.15, 0.2) is 18.2 Å². The predicted molar refractivity (Wildman–Crippen MR) is 66.1 cm³/mol. The van der Waals surface area contributed by atoms with Gasteiger partial charge in [-0.3, -0.25) is 0 Å². The Hall–Kier alpha value is -1.13. The second-order valence-corrected chi connectivity index (χ2v) is 4.25. The summed E-state index contributed by atoms with van der Waals surface area (Å²) < 4.78 is 11.0. The van der Waals surface area contributed by atoms with Crippen LogP contribution in [0.5, 0.6) is 5.88 Å². The van der Waals surface area contributed by atoms with E-state index in [2.05, 4.69) is 17.2 Å². The predicted octanol–water partition coefficient (Wildman–Crippen LogP) is 1.75. The molecule has 1 aromatic heterocycles. The molecule has 0 aromatic carbocycles. The number of aromatic nitrogens is 1. The lowest BCUT2D eigenvalue weighted by molar-refractivity contribution is 0.138. The van der Waals surface area contributed by atoms with Crippen LogP contribution in [0.1, 0.15) is 25.5 Å². The van der Waals surface area contributed by atoms with Crippen LogP contribution in [-0.4, -0.2) is 30.8 Å². The molecule has 1 aliphatic heterocycles. The summed E-state index contributed by atoms with van der Waals surface area (Å²) in [6.45, 7) is 5.44. The van der Waals surface area contributed by atoms with E-state index in [9.17, 15) is 0 Å². The molecule has 1 aliphatic rings. The first-order chi connectivity index (χ1) is 8.38. The second kappa shape index (κ2) is 6.57. The first kappa shape index (κ1) is 12.3. The van der Waals surface area contributed by atoms with Crippen LogP contribution < -0.4 is 10.1 Å². The number of hydrogen-bond acceptors (Lipinski definition) is 4. The number of ether oxygens (including phenoxy) is 2. The quantitative estimate of drug-likeness (QED) is 0.764. The summed E-state index contributed by atoms with van der Waals surface area (Å²) in [5, 5.41) is 3.33. The van der Waals surface area contributed by atoms with Gasteiger partial charge in [-0.15, -0.1) is 0 Å². The topological polar surface area (TPSA) is 43.4 Å². The van der Waals surface area contributed by atoms with Crippen LogP contribution >= 0.6 is 0 Å². The molecule has 17 heavy (non-hydrogen) atoms. The molecule has 0 saturated carbocycles. The zero-order chi connectivity index (χ0) is 11.9. The summed E-state index contributed by atoms with van der Waals surface area (Å²) in [5.74, 6) is 0.705. The van der Waals surface area contributed by atoms with Crippen LogP contribution in [0.4, 0.5) is 0 Å². The Morgan fingerprint density at radius 2 is 2.47 bits per heavy atom. The summed E-state index contributed by atoms with van der Waals surface area (Å²) in [6, 6.07) is 5.91. The molecule has 4 nitrogen and oxygen atoms in total. The third-order valence-electron chi connectivity index (χ3n) is 2.69. The third kappa shape index (κ3) is 3.98. The van der Waals surface area contributed by atoms with Gasteiger partial charge in [0.25, 0.3) is 0 Å². The molecule has 2 heterocycles. The van der Waals surface area contributed by atoms with Crippen LogP contribution in [0, 0.1) is 0 Å². The van der Waals surface area contributed by atoms with Gasteiger partial charge in [0, 0.05) is 19.0 Å². The van der Waals surface area contributed by atoms with Gasteiger partial charge in [0.05, 0.1) is 18.9 Å². The van der Waals surface area contributed by atoms with Crippen LogP contribution in [0.3, 0.4) is 0 Å². The van der Waals surface area contributed by atoms with E-state index < -0.39 is 0 Å². The Balaban J connectivity index is 1.86. The highest BCUT2D eigenvalue weighted by molar-refractivity contribution is 5.16. The van der Waals surface area contributed by atoms with Crippen LogP contribution in [0.2, 0.25) is 0 Å². The normalized spacial score (nSPS) is 19.5. The Morgan fingerprint density at radius 1 is 1.53 bits per heavy atom. The standard InChI is InChI=1S/C13H20N2O2/c1-2-7-14-9-11-4-3-5-13(15-11)17-12-6-8-16-10-12/h3-5,12,14H,2,6-10H2,1H3. The lowest BCUT2D eigenvalue weighted by Crippen LogP contribution is -2.18. The minimum Gasteiger partial charge on any atom is -0.472 e. The van der Waals surface area contributed by atoms with E-state index in [4.69, 9.17) is 9.47 Å². The van der Waals surface area contributed by atoms with Gasteiger partial charge in [-0.05, 0) is 19.0 Å². The molecule has 1 aromatic rings. The van der Waals surface area contributed by atoms with Gasteiger partial charge in [-0.2, -0.15) is 0 Å². The SMILES string of the molecule is CCCNCc1cccc(OC2CCOC2)n1. The van der Waals surface area contributed by atoms with Gasteiger partial charge in [-0.1, -0.05) is 13.0 Å². The van der Waals surface area contributed by atoms with Gasteiger partial charge >= 0.3 is 0 Å². The first-order valence-electron chi connectivity index (χ1n) is 6.29. The van der Waals surface area contributed by atoms with Crippen molar-refractivity contribution in [1.29, 1.82) is 0 Å². The first-order valence-corrected chi connectivity index (χ1v) is 6.29. The lowest BCUT2D eigenvalue weighted by atomic mass is 10.3. The highest BCUT2D eigenvalue weighted by Gasteiger charge is 2.17. The molecular weight excluding hydrogens is 216 g/mol. The lowest BCUT2D eigenvalue weighted by Gasteiger charge is -2.11. The summed E-state index contributed by atoms with van der Waals surface area (Å²) in [7, 11) is 0. The van der Waals surface area contributed by atoms with Gasteiger partial charge < -0.3 is 14.8 Å². The molecule has 94 valence electrons. The Kier molecular flexibility index (Phi) is 4.76. The number of pyridine rings is 1. The maximum Gasteiger partial charge on any atom is 0.213 e. The van der Waals surface area contributed by atoms with Crippen molar-refractivity contribution in [2.24, 2.45) is 0 Å². The number of hydrogen-bond donors (Lipinski definition) is 1. The van der Waals surface area contributed by atoms with E-state index in [1.807, 2.05) is 18.2 Å². The monoisotopic (exact) mass is 236 g/mol. The Labute approximate surface area is 102 Å². The molecule has 1 N–H and O–H groups in total. The van der Waals surface area contributed by atoms with Crippen molar-refractivity contribution in [1.82, 2.24) is 10.3 Å². The second-order valence-electron chi connectivity index (χ2n) is 4.25. The average molecular weight is 236 g/mol. The Morgan fingerprint density at radius 3 is 3.24 bits per heavy atom. The maximum atomic E-state index is 5.76. The van der Waals surface area contributed by atoms with Crippen molar-refractivity contribution in [3.8, 4) is 5.88 Å². The van der Waals surface area contributed by atoms with Crippen molar-refractivity contribution >= 4 is 0 Å². The molecule has 0 spiro atoms. The van der Waals surface area contributed by atoms with Crippen molar-refractivity contribution < 1.29 is 9.47 Å². The minimum atomic E-state index is 0.168. The molecule has 4 heteroatoms. The molecule has 0 bridgehead atoms. The van der Waals surface area contributed by atoms with E-state index in [0.29, 0.717) is 12.5 Å². The molecule has 1 saturated heterocycles. The highest BCUT2D eigenvalue weighted by Crippen LogP contribution is 2.14. The third-order valence-corrected chi connectivity index (χ3v) is 2.69. The van der Waals surface area contributed by atoms with Gasteiger partial charge in [-0.25, -0.2) is 4.98 Å². The van der Waals surface area contributed by atoms with E-state index in [-0.39, 0.29) is 6.10 Å². The smallest absolute Gasteiger partial charge is 0.213 e. The van der Waals surface area contributed by atoms with E-state index >= 15 is 0 Å².